The van der Waals surface area contributed by atoms with Crippen LogP contribution in [0, 0.1) is 6.92 Å². The van der Waals surface area contributed by atoms with Gasteiger partial charge in [0.2, 0.25) is 5.95 Å². The predicted octanol–water partition coefficient (Wildman–Crippen LogP) is 3.55. The van der Waals surface area contributed by atoms with Gasteiger partial charge >= 0.3 is 0 Å². The van der Waals surface area contributed by atoms with Gasteiger partial charge < -0.3 is 4.90 Å². The SMILES string of the molecule is Cc1cnc(NC(=O)c2cnc(N3CCCCC3)nc2-c2ccccn2)s1. The fourth-order valence-corrected chi connectivity index (χ4v) is 3.72. The smallest absolute Gasteiger partial charge is 0.261 e. The lowest BCUT2D eigenvalue weighted by molar-refractivity contribution is 0.102. The lowest BCUT2D eigenvalue weighted by Gasteiger charge is -2.27. The molecule has 0 radical (unpaired) electrons. The van der Waals surface area contributed by atoms with E-state index in [-0.39, 0.29) is 5.91 Å². The highest BCUT2D eigenvalue weighted by atomic mass is 32.1. The zero-order chi connectivity index (χ0) is 18.6. The highest BCUT2D eigenvalue weighted by molar-refractivity contribution is 7.15. The molecule has 1 fully saturated rings. The number of anilines is 2. The van der Waals surface area contributed by atoms with Crippen LogP contribution in [0.5, 0.6) is 0 Å². The summed E-state index contributed by atoms with van der Waals surface area (Å²) >= 11 is 1.43. The van der Waals surface area contributed by atoms with E-state index in [2.05, 4.69) is 25.2 Å². The fourth-order valence-electron chi connectivity index (χ4n) is 3.06. The maximum atomic E-state index is 12.8. The molecule has 0 saturated carbocycles. The van der Waals surface area contributed by atoms with Crippen LogP contribution in [0.2, 0.25) is 0 Å². The number of aromatic nitrogens is 4. The van der Waals surface area contributed by atoms with Crippen LogP contribution in [-0.4, -0.2) is 38.9 Å². The Balaban J connectivity index is 1.70. The van der Waals surface area contributed by atoms with Gasteiger partial charge in [-0.05, 0) is 38.3 Å². The molecular formula is C19H20N6OS. The normalized spacial score (nSPS) is 14.2. The quantitative estimate of drug-likeness (QED) is 0.745. The molecular weight excluding hydrogens is 360 g/mol. The van der Waals surface area contributed by atoms with Crippen molar-refractivity contribution >= 4 is 28.3 Å². The third kappa shape index (κ3) is 3.95. The van der Waals surface area contributed by atoms with Crippen molar-refractivity contribution in [2.75, 3.05) is 23.3 Å². The van der Waals surface area contributed by atoms with E-state index in [0.717, 1.165) is 30.8 Å². The Hall–Kier alpha value is -2.87. The molecule has 8 heteroatoms. The second-order valence-corrected chi connectivity index (χ2v) is 7.66. The molecule has 27 heavy (non-hydrogen) atoms. The second-order valence-electron chi connectivity index (χ2n) is 6.43. The van der Waals surface area contributed by atoms with Crippen molar-refractivity contribution in [3.05, 3.63) is 47.2 Å². The number of carbonyl (C=O) groups excluding carboxylic acids is 1. The van der Waals surface area contributed by atoms with Crippen LogP contribution in [0.3, 0.4) is 0 Å². The van der Waals surface area contributed by atoms with E-state index < -0.39 is 0 Å². The molecule has 3 aromatic rings. The topological polar surface area (TPSA) is 83.9 Å². The van der Waals surface area contributed by atoms with Crippen molar-refractivity contribution in [2.24, 2.45) is 0 Å². The van der Waals surface area contributed by atoms with Gasteiger partial charge in [0.25, 0.3) is 5.91 Å². The molecule has 1 N–H and O–H groups in total. The first-order chi connectivity index (χ1) is 13.2. The van der Waals surface area contributed by atoms with Gasteiger partial charge in [-0.1, -0.05) is 6.07 Å². The highest BCUT2D eigenvalue weighted by Crippen LogP contribution is 2.25. The van der Waals surface area contributed by atoms with Gasteiger partial charge in [0.1, 0.15) is 5.69 Å². The molecule has 0 unspecified atom stereocenters. The molecule has 3 aromatic heterocycles. The monoisotopic (exact) mass is 380 g/mol. The van der Waals surface area contributed by atoms with Crippen LogP contribution in [0.15, 0.2) is 36.8 Å². The van der Waals surface area contributed by atoms with E-state index in [4.69, 9.17) is 4.98 Å². The minimum atomic E-state index is -0.282. The van der Waals surface area contributed by atoms with Gasteiger partial charge in [0.05, 0.1) is 11.3 Å². The number of hydrogen-bond acceptors (Lipinski definition) is 7. The van der Waals surface area contributed by atoms with Gasteiger partial charge in [-0.3, -0.25) is 15.1 Å². The van der Waals surface area contributed by atoms with E-state index in [0.29, 0.717) is 28.0 Å². The van der Waals surface area contributed by atoms with E-state index in [1.54, 1.807) is 18.6 Å². The number of amides is 1. The largest absolute Gasteiger partial charge is 0.341 e. The van der Waals surface area contributed by atoms with E-state index in [1.165, 1.54) is 17.8 Å². The fraction of sp³-hybridized carbons (Fsp3) is 0.316. The first-order valence-corrected chi connectivity index (χ1v) is 9.79. The van der Waals surface area contributed by atoms with Gasteiger partial charge in [-0.25, -0.2) is 15.0 Å². The summed E-state index contributed by atoms with van der Waals surface area (Å²) in [5.41, 5.74) is 1.58. The molecule has 0 atom stereocenters. The van der Waals surface area contributed by atoms with Crippen molar-refractivity contribution in [3.63, 3.8) is 0 Å². The zero-order valence-electron chi connectivity index (χ0n) is 15.1. The first kappa shape index (κ1) is 17.5. The minimum absolute atomic E-state index is 0.282. The van der Waals surface area contributed by atoms with Crippen molar-refractivity contribution < 1.29 is 4.79 Å². The molecule has 0 aromatic carbocycles. The van der Waals surface area contributed by atoms with Crippen molar-refractivity contribution in [3.8, 4) is 11.4 Å². The number of aryl methyl sites for hydroxylation is 1. The lowest BCUT2D eigenvalue weighted by atomic mass is 10.1. The minimum Gasteiger partial charge on any atom is -0.341 e. The second kappa shape index (κ2) is 7.79. The molecule has 7 nitrogen and oxygen atoms in total. The molecule has 0 aliphatic carbocycles. The number of hydrogen-bond donors (Lipinski definition) is 1. The summed E-state index contributed by atoms with van der Waals surface area (Å²) in [7, 11) is 0. The average molecular weight is 380 g/mol. The molecule has 4 rings (SSSR count). The van der Waals surface area contributed by atoms with Crippen molar-refractivity contribution in [2.45, 2.75) is 26.2 Å². The molecule has 138 valence electrons. The van der Waals surface area contributed by atoms with Gasteiger partial charge in [-0.2, -0.15) is 0 Å². The van der Waals surface area contributed by atoms with E-state index in [1.807, 2.05) is 25.1 Å². The lowest BCUT2D eigenvalue weighted by Crippen LogP contribution is -2.31. The van der Waals surface area contributed by atoms with Gasteiger partial charge in [0.15, 0.2) is 5.13 Å². The highest BCUT2D eigenvalue weighted by Gasteiger charge is 2.21. The number of pyridine rings is 1. The summed E-state index contributed by atoms with van der Waals surface area (Å²) in [4.78, 5) is 33.8. The van der Waals surface area contributed by atoms with Crippen LogP contribution in [-0.2, 0) is 0 Å². The predicted molar refractivity (Wildman–Crippen MR) is 106 cm³/mol. The maximum Gasteiger partial charge on any atom is 0.261 e. The number of rotatable bonds is 4. The Labute approximate surface area is 161 Å². The number of piperidine rings is 1. The van der Waals surface area contributed by atoms with Crippen molar-refractivity contribution in [1.82, 2.24) is 19.9 Å². The van der Waals surface area contributed by atoms with Crippen LogP contribution in [0.4, 0.5) is 11.1 Å². The Bertz CT molecular complexity index is 936. The Morgan fingerprint density at radius 3 is 2.67 bits per heavy atom. The molecule has 4 heterocycles. The first-order valence-electron chi connectivity index (χ1n) is 8.98. The third-order valence-electron chi connectivity index (χ3n) is 4.41. The Morgan fingerprint density at radius 1 is 1.11 bits per heavy atom. The van der Waals surface area contributed by atoms with Gasteiger partial charge in [0, 0.05) is 36.6 Å². The molecule has 1 aliphatic heterocycles. The molecule has 1 aliphatic rings. The maximum absolute atomic E-state index is 12.8. The van der Waals surface area contributed by atoms with Crippen LogP contribution in [0.1, 0.15) is 34.5 Å². The van der Waals surface area contributed by atoms with E-state index in [9.17, 15) is 4.79 Å². The molecule has 1 saturated heterocycles. The number of nitrogens with one attached hydrogen (secondary N) is 1. The average Bonchev–Trinajstić information content (AvgIpc) is 3.13. The molecule has 0 bridgehead atoms. The van der Waals surface area contributed by atoms with Gasteiger partial charge in [-0.15, -0.1) is 11.3 Å². The summed E-state index contributed by atoms with van der Waals surface area (Å²) in [5, 5.41) is 3.40. The Kier molecular flexibility index (Phi) is 5.06. The zero-order valence-corrected chi connectivity index (χ0v) is 15.9. The molecule has 0 spiro atoms. The van der Waals surface area contributed by atoms with Crippen LogP contribution < -0.4 is 10.2 Å². The Morgan fingerprint density at radius 2 is 1.96 bits per heavy atom. The number of thiazole rings is 1. The van der Waals surface area contributed by atoms with Crippen molar-refractivity contribution in [1.29, 1.82) is 0 Å². The van der Waals surface area contributed by atoms with Crippen LogP contribution >= 0.6 is 11.3 Å². The summed E-state index contributed by atoms with van der Waals surface area (Å²) in [6.07, 6.45) is 8.52. The number of carbonyl (C=O) groups is 1. The number of nitrogens with zero attached hydrogens (tertiary/aromatic N) is 5. The summed E-state index contributed by atoms with van der Waals surface area (Å²) in [6, 6.07) is 5.58. The summed E-state index contributed by atoms with van der Waals surface area (Å²) in [5.74, 6) is 0.368. The molecule has 1 amide bonds. The summed E-state index contributed by atoms with van der Waals surface area (Å²) in [6.45, 7) is 3.82. The summed E-state index contributed by atoms with van der Waals surface area (Å²) < 4.78 is 0. The standard InChI is InChI=1S/C19H20N6OS/c1-13-11-22-19(27-13)24-17(26)14-12-21-18(25-9-5-2-6-10-25)23-16(14)15-7-3-4-8-20-15/h3-4,7-8,11-12H,2,5-6,9-10H2,1H3,(H,22,24,26). The van der Waals surface area contributed by atoms with Crippen LogP contribution in [0.25, 0.3) is 11.4 Å². The third-order valence-corrected chi connectivity index (χ3v) is 5.24. The van der Waals surface area contributed by atoms with E-state index >= 15 is 0 Å².